The lowest BCUT2D eigenvalue weighted by Crippen LogP contribution is -2.49. The van der Waals surface area contributed by atoms with E-state index in [-0.39, 0.29) is 17.7 Å². The van der Waals surface area contributed by atoms with E-state index in [1.165, 1.54) is 0 Å². The van der Waals surface area contributed by atoms with Crippen LogP contribution < -0.4 is 10.6 Å². The van der Waals surface area contributed by atoms with Crippen molar-refractivity contribution in [2.75, 3.05) is 25.0 Å². The summed E-state index contributed by atoms with van der Waals surface area (Å²) in [6.07, 6.45) is 3.93. The molecule has 138 valence electrons. The highest BCUT2D eigenvalue weighted by Crippen LogP contribution is 2.22. The number of hydrogen-bond donors (Lipinski definition) is 2. The average molecular weight is 457 g/mol. The topological polar surface area (TPSA) is 61.4 Å². The van der Waals surface area contributed by atoms with E-state index in [1.807, 2.05) is 24.3 Å². The van der Waals surface area contributed by atoms with Crippen LogP contribution in [0.1, 0.15) is 39.5 Å². The van der Waals surface area contributed by atoms with Crippen molar-refractivity contribution in [1.82, 2.24) is 10.2 Å². The van der Waals surface area contributed by atoms with Gasteiger partial charge in [0, 0.05) is 28.4 Å². The van der Waals surface area contributed by atoms with Gasteiger partial charge in [0.2, 0.25) is 11.8 Å². The van der Waals surface area contributed by atoms with Crippen molar-refractivity contribution in [2.24, 2.45) is 5.92 Å². The Morgan fingerprint density at radius 2 is 1.96 bits per heavy atom. The number of benzene rings is 1. The summed E-state index contributed by atoms with van der Waals surface area (Å²) in [4.78, 5) is 26.8. The van der Waals surface area contributed by atoms with E-state index in [1.54, 1.807) is 0 Å². The van der Waals surface area contributed by atoms with Crippen LogP contribution >= 0.6 is 22.6 Å². The Bertz CT molecular complexity index is 577. The molecule has 0 aromatic heterocycles. The molecule has 0 aliphatic carbocycles. The van der Waals surface area contributed by atoms with E-state index in [9.17, 15) is 9.59 Å². The molecule has 25 heavy (non-hydrogen) atoms. The molecular weight excluding hydrogens is 429 g/mol. The molecule has 1 heterocycles. The monoisotopic (exact) mass is 457 g/mol. The van der Waals surface area contributed by atoms with Gasteiger partial charge in [-0.15, -0.1) is 0 Å². The molecule has 1 aliphatic heterocycles. The highest BCUT2D eigenvalue weighted by molar-refractivity contribution is 14.1. The number of halogens is 1. The zero-order valence-corrected chi connectivity index (χ0v) is 17.2. The van der Waals surface area contributed by atoms with Crippen LogP contribution in [0.3, 0.4) is 0 Å². The molecule has 1 aromatic rings. The first kappa shape index (κ1) is 20.2. The molecule has 1 aromatic carbocycles. The number of anilines is 1. The predicted molar refractivity (Wildman–Crippen MR) is 109 cm³/mol. The zero-order valence-electron chi connectivity index (χ0n) is 15.1. The molecule has 2 unspecified atom stereocenters. The Kier molecular flexibility index (Phi) is 8.15. The van der Waals surface area contributed by atoms with Crippen LogP contribution in [-0.2, 0) is 9.59 Å². The fourth-order valence-corrected chi connectivity index (χ4v) is 3.42. The van der Waals surface area contributed by atoms with Crippen molar-refractivity contribution >= 4 is 40.1 Å². The van der Waals surface area contributed by atoms with E-state index in [4.69, 9.17) is 0 Å². The van der Waals surface area contributed by atoms with Gasteiger partial charge >= 0.3 is 0 Å². The van der Waals surface area contributed by atoms with Gasteiger partial charge in [0.1, 0.15) is 0 Å². The molecule has 0 spiro atoms. The minimum atomic E-state index is -0.0277. The van der Waals surface area contributed by atoms with Crippen LogP contribution in [0.5, 0.6) is 0 Å². The van der Waals surface area contributed by atoms with E-state index >= 15 is 0 Å². The molecule has 1 aliphatic rings. The summed E-state index contributed by atoms with van der Waals surface area (Å²) in [5.74, 6) is 0.0858. The summed E-state index contributed by atoms with van der Waals surface area (Å²) >= 11 is 2.24. The van der Waals surface area contributed by atoms with Gasteiger partial charge in [0.15, 0.2) is 0 Å². The number of carbonyl (C=O) groups is 2. The van der Waals surface area contributed by atoms with Gasteiger partial charge < -0.3 is 10.6 Å². The maximum atomic E-state index is 12.3. The third-order valence-electron chi connectivity index (χ3n) is 4.69. The fourth-order valence-electron chi connectivity index (χ4n) is 3.06. The summed E-state index contributed by atoms with van der Waals surface area (Å²) in [6, 6.07) is 8.07. The van der Waals surface area contributed by atoms with Gasteiger partial charge in [-0.1, -0.05) is 13.3 Å². The van der Waals surface area contributed by atoms with Gasteiger partial charge in [-0.3, -0.25) is 14.5 Å². The quantitative estimate of drug-likeness (QED) is 0.488. The molecule has 1 fully saturated rings. The van der Waals surface area contributed by atoms with Crippen LogP contribution in [0.4, 0.5) is 5.69 Å². The largest absolute Gasteiger partial charge is 0.356 e. The van der Waals surface area contributed by atoms with Crippen LogP contribution in [0.25, 0.3) is 0 Å². The Hall–Kier alpha value is -1.15. The molecule has 0 radical (unpaired) electrons. The first-order valence-electron chi connectivity index (χ1n) is 9.06. The maximum absolute atomic E-state index is 12.3. The molecule has 2 amide bonds. The fraction of sp³-hybridized carbons (Fsp3) is 0.579. The second-order valence-electron chi connectivity index (χ2n) is 6.75. The highest BCUT2D eigenvalue weighted by Gasteiger charge is 2.30. The number of carbonyl (C=O) groups excluding carboxylic acids is 2. The first-order chi connectivity index (χ1) is 12.0. The Morgan fingerprint density at radius 1 is 1.24 bits per heavy atom. The third kappa shape index (κ3) is 6.58. The lowest BCUT2D eigenvalue weighted by molar-refractivity contribution is -0.128. The standard InChI is InChI=1S/C19H28IN3O2/c1-3-4-11-21-19(25)15-6-5-14(2)23(12-15)13-18(24)22-17-9-7-16(20)8-10-17/h7-10,14-15H,3-6,11-13H2,1-2H3,(H,21,25)(H,22,24). The number of amides is 2. The third-order valence-corrected chi connectivity index (χ3v) is 5.41. The van der Waals surface area contributed by atoms with Gasteiger partial charge in [0.25, 0.3) is 0 Å². The molecule has 0 saturated carbocycles. The number of nitrogens with one attached hydrogen (secondary N) is 2. The summed E-state index contributed by atoms with van der Waals surface area (Å²) < 4.78 is 1.14. The second-order valence-corrected chi connectivity index (χ2v) is 8.00. The van der Waals surface area contributed by atoms with Crippen molar-refractivity contribution < 1.29 is 9.59 Å². The molecule has 2 atom stereocenters. The normalized spacial score (nSPS) is 20.9. The minimum absolute atomic E-state index is 0.0147. The number of hydrogen-bond acceptors (Lipinski definition) is 3. The molecule has 1 saturated heterocycles. The zero-order chi connectivity index (χ0) is 18.2. The van der Waals surface area contributed by atoms with Crippen LogP contribution in [0.15, 0.2) is 24.3 Å². The first-order valence-corrected chi connectivity index (χ1v) is 10.1. The Balaban J connectivity index is 1.85. The summed E-state index contributed by atoms with van der Waals surface area (Å²) in [5, 5.41) is 5.96. The van der Waals surface area contributed by atoms with E-state index in [0.717, 1.165) is 41.5 Å². The number of piperidine rings is 1. The smallest absolute Gasteiger partial charge is 0.238 e. The maximum Gasteiger partial charge on any atom is 0.238 e. The Morgan fingerprint density at radius 3 is 2.64 bits per heavy atom. The SMILES string of the molecule is CCCCNC(=O)C1CCC(C)N(CC(=O)Nc2ccc(I)cc2)C1. The van der Waals surface area contributed by atoms with Crippen LogP contribution in [0.2, 0.25) is 0 Å². The molecule has 0 bridgehead atoms. The van der Waals surface area contributed by atoms with Crippen molar-refractivity contribution in [2.45, 2.75) is 45.6 Å². The second kappa shape index (κ2) is 10.1. The predicted octanol–water partition coefficient (Wildman–Crippen LogP) is 3.25. The van der Waals surface area contributed by atoms with Gasteiger partial charge in [0.05, 0.1) is 12.5 Å². The molecule has 2 rings (SSSR count). The summed E-state index contributed by atoms with van der Waals surface area (Å²) in [7, 11) is 0. The van der Waals surface area contributed by atoms with Crippen molar-refractivity contribution in [3.05, 3.63) is 27.8 Å². The van der Waals surface area contributed by atoms with Crippen molar-refractivity contribution in [3.8, 4) is 0 Å². The Labute approximate surface area is 164 Å². The van der Waals surface area contributed by atoms with E-state index < -0.39 is 0 Å². The number of unbranched alkanes of at least 4 members (excludes halogenated alkanes) is 1. The van der Waals surface area contributed by atoms with Gasteiger partial charge in [-0.05, 0) is 73.0 Å². The number of rotatable bonds is 7. The number of nitrogens with zero attached hydrogens (tertiary/aromatic N) is 1. The van der Waals surface area contributed by atoms with Crippen LogP contribution in [0, 0.1) is 9.49 Å². The molecule has 6 heteroatoms. The lowest BCUT2D eigenvalue weighted by Gasteiger charge is -2.36. The molecule has 2 N–H and O–H groups in total. The molecule has 5 nitrogen and oxygen atoms in total. The average Bonchev–Trinajstić information content (AvgIpc) is 2.59. The van der Waals surface area contributed by atoms with E-state index in [0.29, 0.717) is 19.1 Å². The highest BCUT2D eigenvalue weighted by atomic mass is 127. The van der Waals surface area contributed by atoms with E-state index in [2.05, 4.69) is 52.0 Å². The summed E-state index contributed by atoms with van der Waals surface area (Å²) in [6.45, 7) is 5.96. The van der Waals surface area contributed by atoms with Gasteiger partial charge in [-0.2, -0.15) is 0 Å². The minimum Gasteiger partial charge on any atom is -0.356 e. The summed E-state index contributed by atoms with van der Waals surface area (Å²) in [5.41, 5.74) is 0.809. The van der Waals surface area contributed by atoms with Crippen molar-refractivity contribution in [1.29, 1.82) is 0 Å². The van der Waals surface area contributed by atoms with Gasteiger partial charge in [-0.25, -0.2) is 0 Å². The number of likely N-dealkylation sites (tertiary alicyclic amines) is 1. The van der Waals surface area contributed by atoms with Crippen molar-refractivity contribution in [3.63, 3.8) is 0 Å². The van der Waals surface area contributed by atoms with Crippen LogP contribution in [-0.4, -0.2) is 42.4 Å². The molecular formula is C19H28IN3O2. The lowest BCUT2D eigenvalue weighted by atomic mass is 9.92.